The summed E-state index contributed by atoms with van der Waals surface area (Å²) in [5.41, 5.74) is -0.247. The van der Waals surface area contributed by atoms with Crippen LogP contribution in [0.2, 0.25) is 0 Å². The molecule has 0 saturated carbocycles. The number of hydrogen-bond donors (Lipinski definition) is 1. The van der Waals surface area contributed by atoms with Gasteiger partial charge in [0, 0.05) is 57.1 Å². The molecule has 2 fully saturated rings. The van der Waals surface area contributed by atoms with Crippen LogP contribution in [0.1, 0.15) is 37.3 Å². The highest BCUT2D eigenvalue weighted by molar-refractivity contribution is 5.75. The highest BCUT2D eigenvalue weighted by atomic mass is 19.4. The molecule has 0 radical (unpaired) electrons. The first-order valence-corrected chi connectivity index (χ1v) is 12.2. The number of alkyl carbamates (subject to hydrolysis) is 1. The molecule has 36 heavy (non-hydrogen) atoms. The van der Waals surface area contributed by atoms with Gasteiger partial charge in [-0.1, -0.05) is 26.0 Å². The molecule has 2 unspecified atom stereocenters. The van der Waals surface area contributed by atoms with E-state index in [4.69, 9.17) is 14.2 Å². The van der Waals surface area contributed by atoms with Crippen molar-refractivity contribution in [2.45, 2.75) is 32.4 Å². The van der Waals surface area contributed by atoms with Gasteiger partial charge in [0.2, 0.25) is 0 Å². The number of urea groups is 1. The van der Waals surface area contributed by atoms with E-state index in [1.807, 2.05) is 13.8 Å². The standard InChI is InChI=1S/C25H36F3N3O5/c1-24(2,17-34-3)16-29-22(32)36-15-18-12-20(19-4-6-21(7-5-19)25(26,27)28)14-31(13-18)23(33)30-8-10-35-11-9-30/h4-7,18,20H,8-17H2,1-3H3,(H,29,32). The Kier molecular flexibility index (Phi) is 9.46. The van der Waals surface area contributed by atoms with Crippen molar-refractivity contribution in [1.82, 2.24) is 15.1 Å². The molecule has 0 bridgehead atoms. The van der Waals surface area contributed by atoms with Crippen LogP contribution in [0.3, 0.4) is 0 Å². The molecular weight excluding hydrogens is 479 g/mol. The van der Waals surface area contributed by atoms with Gasteiger partial charge in [-0.3, -0.25) is 0 Å². The normalized spacial score (nSPS) is 21.3. The summed E-state index contributed by atoms with van der Waals surface area (Å²) in [4.78, 5) is 28.9. The number of piperidine rings is 1. The number of hydrogen-bond acceptors (Lipinski definition) is 5. The van der Waals surface area contributed by atoms with Gasteiger partial charge in [0.05, 0.1) is 32.0 Å². The van der Waals surface area contributed by atoms with Crippen LogP contribution in [0.4, 0.5) is 22.8 Å². The molecule has 2 atom stereocenters. The third-order valence-electron chi connectivity index (χ3n) is 6.50. The van der Waals surface area contributed by atoms with E-state index >= 15 is 0 Å². The summed E-state index contributed by atoms with van der Waals surface area (Å²) in [7, 11) is 1.60. The molecule has 3 rings (SSSR count). The summed E-state index contributed by atoms with van der Waals surface area (Å²) in [6, 6.07) is 4.94. The van der Waals surface area contributed by atoms with E-state index in [1.54, 1.807) is 16.9 Å². The molecule has 0 aromatic heterocycles. The minimum atomic E-state index is -4.41. The second-order valence-corrected chi connectivity index (χ2v) is 10.3. The van der Waals surface area contributed by atoms with Gasteiger partial charge >= 0.3 is 18.3 Å². The van der Waals surface area contributed by atoms with Gasteiger partial charge in [-0.05, 0) is 24.1 Å². The van der Waals surface area contributed by atoms with Crippen molar-refractivity contribution in [2.75, 3.05) is 66.3 Å². The van der Waals surface area contributed by atoms with Gasteiger partial charge in [-0.15, -0.1) is 0 Å². The summed E-state index contributed by atoms with van der Waals surface area (Å²) < 4.78 is 55.0. The number of ether oxygens (including phenoxy) is 3. The average molecular weight is 516 g/mol. The Labute approximate surface area is 210 Å². The van der Waals surface area contributed by atoms with E-state index in [9.17, 15) is 22.8 Å². The van der Waals surface area contributed by atoms with Crippen LogP contribution in [-0.2, 0) is 20.4 Å². The topological polar surface area (TPSA) is 80.3 Å². The summed E-state index contributed by atoms with van der Waals surface area (Å²) in [6.07, 6.45) is -4.38. The van der Waals surface area contributed by atoms with Crippen molar-refractivity contribution in [1.29, 1.82) is 0 Å². The molecule has 1 aromatic carbocycles. The average Bonchev–Trinajstić information content (AvgIpc) is 2.85. The van der Waals surface area contributed by atoms with Crippen LogP contribution < -0.4 is 5.32 Å². The molecule has 0 spiro atoms. The molecule has 2 heterocycles. The molecule has 8 nitrogen and oxygen atoms in total. The first-order chi connectivity index (χ1) is 17.0. The van der Waals surface area contributed by atoms with Crippen LogP contribution in [0.25, 0.3) is 0 Å². The highest BCUT2D eigenvalue weighted by Crippen LogP contribution is 2.34. The third-order valence-corrected chi connectivity index (χ3v) is 6.50. The van der Waals surface area contributed by atoms with E-state index in [0.717, 1.165) is 17.7 Å². The molecule has 1 N–H and O–H groups in total. The van der Waals surface area contributed by atoms with Crippen LogP contribution in [0.5, 0.6) is 0 Å². The lowest BCUT2D eigenvalue weighted by atomic mass is 9.84. The maximum absolute atomic E-state index is 13.2. The lowest BCUT2D eigenvalue weighted by Crippen LogP contribution is -2.53. The van der Waals surface area contributed by atoms with Gasteiger partial charge in [0.15, 0.2) is 0 Å². The van der Waals surface area contributed by atoms with Gasteiger partial charge in [-0.2, -0.15) is 13.2 Å². The van der Waals surface area contributed by atoms with Crippen molar-refractivity contribution in [3.05, 3.63) is 35.4 Å². The largest absolute Gasteiger partial charge is 0.449 e. The van der Waals surface area contributed by atoms with Gasteiger partial charge in [0.25, 0.3) is 0 Å². The third kappa shape index (κ3) is 7.99. The number of morpholine rings is 1. The highest BCUT2D eigenvalue weighted by Gasteiger charge is 2.35. The monoisotopic (exact) mass is 515 g/mol. The molecule has 1 aromatic rings. The van der Waals surface area contributed by atoms with Crippen LogP contribution in [-0.4, -0.2) is 88.2 Å². The Hall–Kier alpha value is -2.53. The summed E-state index contributed by atoms with van der Waals surface area (Å²) in [5, 5.41) is 2.75. The fourth-order valence-electron chi connectivity index (χ4n) is 4.62. The molecule has 2 aliphatic heterocycles. The van der Waals surface area contributed by atoms with Crippen LogP contribution >= 0.6 is 0 Å². The molecular formula is C25H36F3N3O5. The number of methoxy groups -OCH3 is 1. The predicted molar refractivity (Wildman–Crippen MR) is 127 cm³/mol. The Morgan fingerprint density at radius 3 is 2.36 bits per heavy atom. The van der Waals surface area contributed by atoms with E-state index in [1.165, 1.54) is 12.1 Å². The van der Waals surface area contributed by atoms with E-state index < -0.39 is 17.8 Å². The zero-order valence-electron chi connectivity index (χ0n) is 21.1. The van der Waals surface area contributed by atoms with E-state index in [2.05, 4.69) is 5.32 Å². The summed E-state index contributed by atoms with van der Waals surface area (Å²) in [5.74, 6) is -0.336. The zero-order chi connectivity index (χ0) is 26.3. The summed E-state index contributed by atoms with van der Waals surface area (Å²) in [6.45, 7) is 7.56. The number of carbonyl (C=O) groups is 2. The lowest BCUT2D eigenvalue weighted by Gasteiger charge is -2.41. The number of halogens is 3. The smallest absolute Gasteiger partial charge is 0.416 e. The molecule has 11 heteroatoms. The fourth-order valence-corrected chi connectivity index (χ4v) is 4.62. The van der Waals surface area contributed by atoms with Crippen LogP contribution in [0.15, 0.2) is 24.3 Å². The number of nitrogens with zero attached hydrogens (tertiary/aromatic N) is 2. The molecule has 202 valence electrons. The first kappa shape index (κ1) is 28.0. The Bertz CT molecular complexity index is 873. The molecule has 0 aliphatic carbocycles. The Morgan fingerprint density at radius 2 is 1.75 bits per heavy atom. The predicted octanol–water partition coefficient (Wildman–Crippen LogP) is 3.96. The number of carbonyl (C=O) groups excluding carboxylic acids is 2. The number of benzene rings is 1. The lowest BCUT2D eigenvalue weighted by molar-refractivity contribution is -0.137. The minimum Gasteiger partial charge on any atom is -0.449 e. The number of likely N-dealkylation sites (tertiary alicyclic amines) is 1. The minimum absolute atomic E-state index is 0.0978. The maximum atomic E-state index is 13.2. The number of nitrogens with one attached hydrogen (secondary N) is 1. The molecule has 2 saturated heterocycles. The van der Waals surface area contributed by atoms with Gasteiger partial charge < -0.3 is 29.3 Å². The Morgan fingerprint density at radius 1 is 1.08 bits per heavy atom. The number of amides is 3. The van der Waals surface area contributed by atoms with Crippen molar-refractivity contribution < 1.29 is 37.0 Å². The quantitative estimate of drug-likeness (QED) is 0.595. The number of rotatable bonds is 7. The summed E-state index contributed by atoms with van der Waals surface area (Å²) >= 11 is 0. The van der Waals surface area contributed by atoms with Crippen molar-refractivity contribution >= 4 is 12.1 Å². The number of alkyl halides is 3. The second-order valence-electron chi connectivity index (χ2n) is 10.3. The maximum Gasteiger partial charge on any atom is 0.416 e. The second kappa shape index (κ2) is 12.1. The fraction of sp³-hybridized carbons (Fsp3) is 0.680. The van der Waals surface area contributed by atoms with Crippen molar-refractivity contribution in [3.8, 4) is 0 Å². The van der Waals surface area contributed by atoms with Crippen molar-refractivity contribution in [2.24, 2.45) is 11.3 Å². The van der Waals surface area contributed by atoms with Crippen LogP contribution in [0, 0.1) is 11.3 Å². The molecule has 3 amide bonds. The first-order valence-electron chi connectivity index (χ1n) is 12.2. The van der Waals surface area contributed by atoms with E-state index in [-0.39, 0.29) is 29.9 Å². The SMILES string of the molecule is COCC(C)(C)CNC(=O)OCC1CC(c2ccc(C(F)(F)F)cc2)CN(C(=O)N2CCOCC2)C1. The van der Waals surface area contributed by atoms with Gasteiger partial charge in [-0.25, -0.2) is 9.59 Å². The van der Waals surface area contributed by atoms with Crippen molar-refractivity contribution in [3.63, 3.8) is 0 Å². The zero-order valence-corrected chi connectivity index (χ0v) is 21.1. The van der Waals surface area contributed by atoms with E-state index in [0.29, 0.717) is 59.0 Å². The van der Waals surface area contributed by atoms with Gasteiger partial charge in [0.1, 0.15) is 0 Å². The Balaban J connectivity index is 1.67. The molecule has 2 aliphatic rings.